The molecular weight excluding hydrogens is 307 g/mol. The predicted octanol–water partition coefficient (Wildman–Crippen LogP) is -1.32. The third kappa shape index (κ3) is 4.22. The summed E-state index contributed by atoms with van der Waals surface area (Å²) in [6.45, 7) is 6.30. The molecule has 0 unspecified atom stereocenters. The molecule has 0 radical (unpaired) electrons. The van der Waals surface area contributed by atoms with Crippen molar-refractivity contribution in [3.05, 3.63) is 10.1 Å². The first-order valence-electron chi connectivity index (χ1n) is 5.34. The largest absolute Gasteiger partial charge is 1.00 e. The van der Waals surface area contributed by atoms with E-state index in [1.807, 2.05) is 0 Å². The molecule has 0 spiro atoms. The van der Waals surface area contributed by atoms with Gasteiger partial charge in [-0.3, -0.25) is 10.1 Å². The van der Waals surface area contributed by atoms with Crippen molar-refractivity contribution in [2.45, 2.75) is 38.6 Å². The predicted molar refractivity (Wildman–Crippen MR) is 55.7 cm³/mol. The average Bonchev–Trinajstić information content (AvgIpc) is 2.03. The Bertz CT molecular complexity index is 225. The van der Waals surface area contributed by atoms with Gasteiger partial charge in [0.1, 0.15) is 6.54 Å². The first-order valence-corrected chi connectivity index (χ1v) is 5.34. The third-order valence-corrected chi connectivity index (χ3v) is 3.16. The van der Waals surface area contributed by atoms with Gasteiger partial charge in [0.15, 0.2) is 0 Å². The van der Waals surface area contributed by atoms with Gasteiger partial charge in [0, 0.05) is 18.8 Å². The van der Waals surface area contributed by atoms with Crippen LogP contribution in [-0.4, -0.2) is 41.6 Å². The minimum absolute atomic E-state index is 0. The first kappa shape index (κ1) is 15.1. The molecule has 0 saturated carbocycles. The number of piperidine rings is 1. The van der Waals surface area contributed by atoms with E-state index in [9.17, 15) is 10.1 Å². The molecule has 1 heterocycles. The van der Waals surface area contributed by atoms with Crippen molar-refractivity contribution in [1.29, 1.82) is 0 Å². The highest BCUT2D eigenvalue weighted by Gasteiger charge is 2.41. The first-order chi connectivity index (χ1) is 6.36. The zero-order valence-electron chi connectivity index (χ0n) is 9.83. The number of likely N-dealkylation sites (tertiary alicyclic amines) is 1. The highest BCUT2D eigenvalue weighted by molar-refractivity contribution is 4.67. The van der Waals surface area contributed by atoms with Gasteiger partial charge in [-0.15, -0.1) is 0 Å². The number of nitro groups is 1. The Hall–Kier alpha value is 0.0900. The second-order valence-corrected chi connectivity index (χ2v) is 5.36. The summed E-state index contributed by atoms with van der Waals surface area (Å²) in [5.41, 5.74) is -0.786. The fourth-order valence-electron chi connectivity index (χ4n) is 2.43. The molecule has 0 aromatic heterocycles. The van der Waals surface area contributed by atoms with Crippen molar-refractivity contribution in [1.82, 2.24) is 0 Å². The van der Waals surface area contributed by atoms with Gasteiger partial charge in [-0.05, 0) is 19.3 Å². The smallest absolute Gasteiger partial charge is 0.264 e. The molecule has 1 rings (SSSR count). The van der Waals surface area contributed by atoms with Gasteiger partial charge in [-0.2, -0.15) is 0 Å². The van der Waals surface area contributed by atoms with Gasteiger partial charge in [0.25, 0.3) is 5.54 Å². The summed E-state index contributed by atoms with van der Waals surface area (Å²) >= 11 is 0. The van der Waals surface area contributed by atoms with Crippen molar-refractivity contribution in [2.75, 3.05) is 26.7 Å². The van der Waals surface area contributed by atoms with Crippen LogP contribution >= 0.6 is 0 Å². The molecule has 0 atom stereocenters. The molecule has 15 heavy (non-hydrogen) atoms. The topological polar surface area (TPSA) is 43.1 Å². The molecule has 0 aliphatic carbocycles. The molecule has 5 heteroatoms. The quantitative estimate of drug-likeness (QED) is 0.279. The van der Waals surface area contributed by atoms with Crippen molar-refractivity contribution >= 4 is 0 Å². The number of rotatable bonds is 3. The van der Waals surface area contributed by atoms with Crippen LogP contribution in [0.4, 0.5) is 0 Å². The summed E-state index contributed by atoms with van der Waals surface area (Å²) in [7, 11) is 2.14. The van der Waals surface area contributed by atoms with E-state index in [1.54, 1.807) is 13.8 Å². The van der Waals surface area contributed by atoms with Gasteiger partial charge >= 0.3 is 0 Å². The normalized spacial score (nSPS) is 20.5. The Balaban J connectivity index is 0.00000196. The fourth-order valence-corrected chi connectivity index (χ4v) is 2.43. The van der Waals surface area contributed by atoms with Crippen LogP contribution in [0.15, 0.2) is 0 Å². The summed E-state index contributed by atoms with van der Waals surface area (Å²) in [6, 6.07) is 0. The number of halogens is 1. The maximum Gasteiger partial charge on any atom is 0.264 e. The zero-order valence-corrected chi connectivity index (χ0v) is 12.0. The van der Waals surface area contributed by atoms with Crippen molar-refractivity contribution in [2.24, 2.45) is 0 Å². The maximum absolute atomic E-state index is 10.8. The van der Waals surface area contributed by atoms with Gasteiger partial charge < -0.3 is 28.5 Å². The van der Waals surface area contributed by atoms with Crippen LogP contribution in [-0.2, 0) is 0 Å². The van der Waals surface area contributed by atoms with Gasteiger partial charge in [-0.1, -0.05) is 0 Å². The number of hydrogen-bond donors (Lipinski definition) is 0. The number of quaternary nitrogens is 1. The van der Waals surface area contributed by atoms with E-state index >= 15 is 0 Å². The fraction of sp³-hybridized carbons (Fsp3) is 1.00. The lowest BCUT2D eigenvalue weighted by molar-refractivity contribution is -0.928. The van der Waals surface area contributed by atoms with Crippen molar-refractivity contribution < 1.29 is 33.4 Å². The van der Waals surface area contributed by atoms with Crippen LogP contribution in [0.3, 0.4) is 0 Å². The standard InChI is InChI=1S/C10H21N2O2.HI/c1-10(2,11(13)14)9-12(3)7-5-4-6-8-12;/h4-9H2,1-3H3;1H/q+1;/p-1. The monoisotopic (exact) mass is 328 g/mol. The molecule has 0 aromatic rings. The average molecular weight is 328 g/mol. The van der Waals surface area contributed by atoms with Crippen LogP contribution in [0.1, 0.15) is 33.1 Å². The van der Waals surface area contributed by atoms with Gasteiger partial charge in [-0.25, -0.2) is 0 Å². The van der Waals surface area contributed by atoms with E-state index in [0.29, 0.717) is 6.54 Å². The Labute approximate surface area is 109 Å². The van der Waals surface area contributed by atoms with E-state index in [2.05, 4.69) is 7.05 Å². The van der Waals surface area contributed by atoms with E-state index in [-0.39, 0.29) is 28.9 Å². The molecule has 0 bridgehead atoms. The zero-order chi connectivity index (χ0) is 10.8. The second-order valence-electron chi connectivity index (χ2n) is 5.36. The minimum Gasteiger partial charge on any atom is -1.00 e. The van der Waals surface area contributed by atoms with E-state index in [4.69, 9.17) is 0 Å². The summed E-state index contributed by atoms with van der Waals surface area (Å²) in [4.78, 5) is 10.7. The van der Waals surface area contributed by atoms with Gasteiger partial charge in [0.05, 0.1) is 20.1 Å². The second kappa shape index (κ2) is 5.43. The summed E-state index contributed by atoms with van der Waals surface area (Å²) in [6.07, 6.45) is 3.71. The third-order valence-electron chi connectivity index (χ3n) is 3.16. The van der Waals surface area contributed by atoms with Gasteiger partial charge in [0.2, 0.25) is 0 Å². The summed E-state index contributed by atoms with van der Waals surface area (Å²) in [5.74, 6) is 0. The molecular formula is C10H21IN2O2. The van der Waals surface area contributed by atoms with E-state index in [1.165, 1.54) is 19.3 Å². The van der Waals surface area contributed by atoms with Crippen LogP contribution in [0.5, 0.6) is 0 Å². The lowest BCUT2D eigenvalue weighted by Gasteiger charge is -2.39. The lowest BCUT2D eigenvalue weighted by Crippen LogP contribution is -3.00. The molecule has 4 nitrogen and oxygen atoms in total. The Kier molecular flexibility index (Phi) is 5.46. The van der Waals surface area contributed by atoms with Crippen LogP contribution in [0.25, 0.3) is 0 Å². The van der Waals surface area contributed by atoms with Crippen LogP contribution < -0.4 is 24.0 Å². The summed E-state index contributed by atoms with van der Waals surface area (Å²) in [5, 5.41) is 10.8. The summed E-state index contributed by atoms with van der Waals surface area (Å²) < 4.78 is 0.869. The van der Waals surface area contributed by atoms with Crippen LogP contribution in [0, 0.1) is 10.1 Å². The van der Waals surface area contributed by atoms with Crippen LogP contribution in [0.2, 0.25) is 0 Å². The molecule has 0 aromatic carbocycles. The number of nitrogens with zero attached hydrogens (tertiary/aromatic N) is 2. The maximum atomic E-state index is 10.8. The Morgan fingerprint density at radius 1 is 1.27 bits per heavy atom. The Morgan fingerprint density at radius 2 is 1.73 bits per heavy atom. The highest BCUT2D eigenvalue weighted by Crippen LogP contribution is 2.21. The highest BCUT2D eigenvalue weighted by atomic mass is 127. The number of hydrogen-bond acceptors (Lipinski definition) is 2. The van der Waals surface area contributed by atoms with Crippen molar-refractivity contribution in [3.63, 3.8) is 0 Å². The number of likely N-dealkylation sites (N-methyl/N-ethyl adjacent to an activating group) is 1. The lowest BCUT2D eigenvalue weighted by atomic mass is 10.0. The molecule has 1 aliphatic rings. The Morgan fingerprint density at radius 3 is 2.13 bits per heavy atom. The molecule has 1 aliphatic heterocycles. The SMILES string of the molecule is CC(C)(C[N+]1(C)CCCCC1)[N+](=O)[O-].[I-]. The van der Waals surface area contributed by atoms with E-state index < -0.39 is 5.54 Å². The molecule has 90 valence electrons. The molecule has 1 fully saturated rings. The van der Waals surface area contributed by atoms with E-state index in [0.717, 1.165) is 17.6 Å². The minimum atomic E-state index is -0.786. The molecule has 0 N–H and O–H groups in total. The van der Waals surface area contributed by atoms with Crippen molar-refractivity contribution in [3.8, 4) is 0 Å². The molecule has 0 amide bonds. The molecule has 1 saturated heterocycles.